The van der Waals surface area contributed by atoms with Gasteiger partial charge in [-0.2, -0.15) is 0 Å². The third-order valence-electron chi connectivity index (χ3n) is 4.21. The molecule has 0 radical (unpaired) electrons. The Morgan fingerprint density at radius 2 is 1.61 bits per heavy atom. The molecule has 0 aliphatic carbocycles. The summed E-state index contributed by atoms with van der Waals surface area (Å²) in [4.78, 5) is 3.46. The first-order valence-corrected chi connectivity index (χ1v) is 7.41. The molecule has 0 unspecified atom stereocenters. The van der Waals surface area contributed by atoms with Gasteiger partial charge in [0.25, 0.3) is 0 Å². The third-order valence-corrected chi connectivity index (χ3v) is 4.21. The SMILES string of the molecule is COc1ccc(-c2c(N)ccc3c2[nH]c2cc(N)ccc23)cc1. The minimum absolute atomic E-state index is 0.738. The number of aromatic nitrogens is 1. The van der Waals surface area contributed by atoms with E-state index in [2.05, 4.69) is 4.98 Å². The molecule has 0 amide bonds. The lowest BCUT2D eigenvalue weighted by Gasteiger charge is -2.09. The quantitative estimate of drug-likeness (QED) is 0.487. The summed E-state index contributed by atoms with van der Waals surface area (Å²) in [5, 5.41) is 2.28. The van der Waals surface area contributed by atoms with Gasteiger partial charge >= 0.3 is 0 Å². The molecule has 0 bridgehead atoms. The van der Waals surface area contributed by atoms with Gasteiger partial charge in [-0.25, -0.2) is 0 Å². The van der Waals surface area contributed by atoms with Crippen molar-refractivity contribution in [2.24, 2.45) is 0 Å². The first-order chi connectivity index (χ1) is 11.2. The topological polar surface area (TPSA) is 77.1 Å². The number of nitrogens with one attached hydrogen (secondary N) is 1. The number of anilines is 2. The van der Waals surface area contributed by atoms with Crippen molar-refractivity contribution >= 4 is 33.2 Å². The maximum Gasteiger partial charge on any atom is 0.118 e. The summed E-state index contributed by atoms with van der Waals surface area (Å²) in [5.41, 5.74) is 17.7. The maximum absolute atomic E-state index is 6.27. The van der Waals surface area contributed by atoms with Crippen molar-refractivity contribution in [2.75, 3.05) is 18.6 Å². The van der Waals surface area contributed by atoms with Gasteiger partial charge in [0.05, 0.1) is 12.6 Å². The normalized spacial score (nSPS) is 11.2. The second-order valence-corrected chi connectivity index (χ2v) is 5.61. The number of hydrogen-bond acceptors (Lipinski definition) is 3. The zero-order valence-electron chi connectivity index (χ0n) is 12.8. The average Bonchev–Trinajstić information content (AvgIpc) is 2.92. The van der Waals surface area contributed by atoms with Gasteiger partial charge in [-0.1, -0.05) is 24.3 Å². The van der Waals surface area contributed by atoms with Gasteiger partial charge in [-0.05, 0) is 35.9 Å². The van der Waals surface area contributed by atoms with Crippen LogP contribution in [0.5, 0.6) is 5.75 Å². The Hall–Kier alpha value is -3.14. The van der Waals surface area contributed by atoms with Crippen molar-refractivity contribution in [2.45, 2.75) is 0 Å². The first-order valence-electron chi connectivity index (χ1n) is 7.41. The third kappa shape index (κ3) is 2.07. The fourth-order valence-electron chi connectivity index (χ4n) is 3.08. The monoisotopic (exact) mass is 303 g/mol. The number of nitrogen functional groups attached to an aromatic ring is 2. The van der Waals surface area contributed by atoms with Gasteiger partial charge in [-0.15, -0.1) is 0 Å². The molecule has 0 saturated carbocycles. The molecular weight excluding hydrogens is 286 g/mol. The molecule has 0 atom stereocenters. The minimum Gasteiger partial charge on any atom is -0.497 e. The van der Waals surface area contributed by atoms with Crippen molar-refractivity contribution in [1.29, 1.82) is 0 Å². The van der Waals surface area contributed by atoms with E-state index in [1.165, 1.54) is 0 Å². The highest BCUT2D eigenvalue weighted by atomic mass is 16.5. The number of aromatic amines is 1. The second kappa shape index (κ2) is 4.95. The molecule has 0 fully saturated rings. The molecule has 1 heterocycles. The van der Waals surface area contributed by atoms with Crippen molar-refractivity contribution in [3.8, 4) is 16.9 Å². The Bertz CT molecular complexity index is 1020. The summed E-state index contributed by atoms with van der Waals surface area (Å²) in [6, 6.07) is 17.8. The van der Waals surface area contributed by atoms with E-state index in [1.807, 2.05) is 54.6 Å². The van der Waals surface area contributed by atoms with E-state index in [-0.39, 0.29) is 0 Å². The largest absolute Gasteiger partial charge is 0.497 e. The summed E-state index contributed by atoms with van der Waals surface area (Å²) in [5.74, 6) is 0.823. The van der Waals surface area contributed by atoms with Crippen LogP contribution < -0.4 is 16.2 Å². The van der Waals surface area contributed by atoms with Gasteiger partial charge in [0.1, 0.15) is 5.75 Å². The van der Waals surface area contributed by atoms with Crippen LogP contribution in [0.1, 0.15) is 0 Å². The zero-order valence-corrected chi connectivity index (χ0v) is 12.8. The molecule has 1 aromatic heterocycles. The highest BCUT2D eigenvalue weighted by molar-refractivity contribution is 6.14. The Labute approximate surface area is 133 Å². The number of H-pyrrole nitrogens is 1. The molecule has 0 spiro atoms. The van der Waals surface area contributed by atoms with E-state index in [0.717, 1.165) is 50.1 Å². The number of ether oxygens (including phenoxy) is 1. The maximum atomic E-state index is 6.27. The zero-order chi connectivity index (χ0) is 16.0. The molecular formula is C19H17N3O. The Morgan fingerprint density at radius 3 is 2.35 bits per heavy atom. The summed E-state index contributed by atoms with van der Waals surface area (Å²) in [6.45, 7) is 0. The summed E-state index contributed by atoms with van der Waals surface area (Å²) < 4.78 is 5.23. The van der Waals surface area contributed by atoms with Crippen molar-refractivity contribution in [3.05, 3.63) is 54.6 Å². The highest BCUT2D eigenvalue weighted by Crippen LogP contribution is 2.37. The van der Waals surface area contributed by atoms with Crippen LogP contribution in [0, 0.1) is 0 Å². The number of nitrogens with two attached hydrogens (primary N) is 2. The van der Waals surface area contributed by atoms with Crippen molar-refractivity contribution in [3.63, 3.8) is 0 Å². The van der Waals surface area contributed by atoms with Crippen LogP contribution in [-0.4, -0.2) is 12.1 Å². The number of hydrogen-bond donors (Lipinski definition) is 3. The van der Waals surface area contributed by atoms with Crippen LogP contribution >= 0.6 is 0 Å². The Kier molecular flexibility index (Phi) is 2.91. The number of methoxy groups -OCH3 is 1. The lowest BCUT2D eigenvalue weighted by atomic mass is 10.00. The van der Waals surface area contributed by atoms with E-state index >= 15 is 0 Å². The molecule has 4 rings (SSSR count). The summed E-state index contributed by atoms with van der Waals surface area (Å²) in [6.07, 6.45) is 0. The van der Waals surface area contributed by atoms with Crippen molar-refractivity contribution < 1.29 is 4.74 Å². The van der Waals surface area contributed by atoms with Crippen molar-refractivity contribution in [1.82, 2.24) is 4.98 Å². The lowest BCUT2D eigenvalue weighted by Crippen LogP contribution is -1.91. The molecule has 4 aromatic rings. The van der Waals surface area contributed by atoms with E-state index in [1.54, 1.807) is 7.11 Å². The Balaban J connectivity index is 2.04. The summed E-state index contributed by atoms with van der Waals surface area (Å²) in [7, 11) is 1.66. The predicted octanol–water partition coefficient (Wildman–Crippen LogP) is 4.16. The van der Waals surface area contributed by atoms with Crippen LogP contribution in [0.2, 0.25) is 0 Å². The van der Waals surface area contributed by atoms with Crippen LogP contribution in [-0.2, 0) is 0 Å². The van der Waals surface area contributed by atoms with Crippen LogP contribution in [0.4, 0.5) is 11.4 Å². The smallest absolute Gasteiger partial charge is 0.118 e. The fraction of sp³-hybridized carbons (Fsp3) is 0.0526. The van der Waals surface area contributed by atoms with Crippen LogP contribution in [0.3, 0.4) is 0 Å². The van der Waals surface area contributed by atoms with E-state index in [4.69, 9.17) is 16.2 Å². The average molecular weight is 303 g/mol. The molecule has 5 N–H and O–H groups in total. The number of fused-ring (bicyclic) bond motifs is 3. The second-order valence-electron chi connectivity index (χ2n) is 5.61. The molecule has 114 valence electrons. The van der Waals surface area contributed by atoms with Gasteiger partial charge in [0.2, 0.25) is 0 Å². The molecule has 4 heteroatoms. The number of benzene rings is 3. The number of rotatable bonds is 2. The van der Waals surface area contributed by atoms with Gasteiger partial charge in [0.15, 0.2) is 0 Å². The molecule has 0 saturated heterocycles. The van der Waals surface area contributed by atoms with Gasteiger partial charge < -0.3 is 21.2 Å². The van der Waals surface area contributed by atoms with Crippen LogP contribution in [0.15, 0.2) is 54.6 Å². The first kappa shape index (κ1) is 13.5. The molecule has 4 nitrogen and oxygen atoms in total. The van der Waals surface area contributed by atoms with E-state index in [0.29, 0.717) is 0 Å². The molecule has 0 aliphatic heterocycles. The highest BCUT2D eigenvalue weighted by Gasteiger charge is 2.13. The van der Waals surface area contributed by atoms with E-state index in [9.17, 15) is 0 Å². The fourth-order valence-corrected chi connectivity index (χ4v) is 3.08. The molecule has 23 heavy (non-hydrogen) atoms. The standard InChI is InChI=1S/C19H17N3O/c1-23-13-5-2-11(3-6-13)18-16(21)9-8-15-14-7-4-12(20)10-17(14)22-19(15)18/h2-10,22H,20-21H2,1H3. The molecule has 0 aliphatic rings. The molecule has 3 aromatic carbocycles. The van der Waals surface area contributed by atoms with E-state index < -0.39 is 0 Å². The summed E-state index contributed by atoms with van der Waals surface area (Å²) >= 11 is 0. The Morgan fingerprint density at radius 1 is 0.870 bits per heavy atom. The van der Waals surface area contributed by atoms with Crippen LogP contribution in [0.25, 0.3) is 32.9 Å². The predicted molar refractivity (Wildman–Crippen MR) is 96.6 cm³/mol. The van der Waals surface area contributed by atoms with Gasteiger partial charge in [0, 0.05) is 33.2 Å². The van der Waals surface area contributed by atoms with Gasteiger partial charge in [-0.3, -0.25) is 0 Å². The lowest BCUT2D eigenvalue weighted by molar-refractivity contribution is 0.415. The minimum atomic E-state index is 0.738.